The summed E-state index contributed by atoms with van der Waals surface area (Å²) >= 11 is 0. The van der Waals surface area contributed by atoms with E-state index in [-0.39, 0.29) is 0 Å². The lowest BCUT2D eigenvalue weighted by Gasteiger charge is -2.21. The molecule has 2 heterocycles. The average Bonchev–Trinajstić information content (AvgIpc) is 3.83. The van der Waals surface area contributed by atoms with Crippen molar-refractivity contribution in [2.45, 2.75) is 40.8 Å². The maximum absolute atomic E-state index is 14.0. The molecule has 0 unspecified atom stereocenters. The highest BCUT2D eigenvalue weighted by Crippen LogP contribution is 2.45. The molecule has 0 saturated heterocycles. The summed E-state index contributed by atoms with van der Waals surface area (Å²) in [5.41, 5.74) is 18.7. The summed E-state index contributed by atoms with van der Waals surface area (Å²) in [4.78, 5) is 3.95. The van der Waals surface area contributed by atoms with Crippen molar-refractivity contribution in [3.8, 4) is 55.9 Å². The van der Waals surface area contributed by atoms with Crippen molar-refractivity contribution < 1.29 is 13.2 Å². The molecule has 324 valence electrons. The number of para-hydroxylation sites is 2. The number of rotatable bonds is 6. The number of hydrogen-bond donors (Lipinski definition) is 0. The van der Waals surface area contributed by atoms with Gasteiger partial charge in [-0.3, -0.25) is 0 Å². The first-order chi connectivity index (χ1) is 32.4. The van der Waals surface area contributed by atoms with Crippen LogP contribution in [0.5, 0.6) is 0 Å². The molecule has 0 aliphatic carbocycles. The van der Waals surface area contributed by atoms with E-state index in [0.29, 0.717) is 16.8 Å². The fraction of sp³-hybridized carbons (Fsp3) is 0.0984. The largest absolute Gasteiger partial charge is 0.416 e. The zero-order valence-electron chi connectivity index (χ0n) is 37.7. The summed E-state index contributed by atoms with van der Waals surface area (Å²) in [7, 11) is 0. The van der Waals surface area contributed by atoms with Crippen molar-refractivity contribution >= 4 is 49.3 Å². The van der Waals surface area contributed by atoms with Crippen molar-refractivity contribution in [2.24, 2.45) is 0 Å². The van der Waals surface area contributed by atoms with Crippen LogP contribution in [0, 0.1) is 41.2 Å². The Labute approximate surface area is 387 Å². The molecule has 9 aromatic carbocycles. The first-order valence-corrected chi connectivity index (χ1v) is 22.4. The lowest BCUT2D eigenvalue weighted by Crippen LogP contribution is -2.05. The van der Waals surface area contributed by atoms with Gasteiger partial charge in [0.05, 0.1) is 45.6 Å². The van der Waals surface area contributed by atoms with Gasteiger partial charge < -0.3 is 9.13 Å². The molecule has 0 spiro atoms. The van der Waals surface area contributed by atoms with Gasteiger partial charge in [0.1, 0.15) is 0 Å². The molecule has 67 heavy (non-hydrogen) atoms. The summed E-state index contributed by atoms with van der Waals surface area (Å²) in [5, 5.41) is 4.37. The van der Waals surface area contributed by atoms with Crippen molar-refractivity contribution in [1.29, 1.82) is 0 Å². The van der Waals surface area contributed by atoms with E-state index in [4.69, 9.17) is 6.57 Å². The maximum Gasteiger partial charge on any atom is 0.416 e. The van der Waals surface area contributed by atoms with Gasteiger partial charge in [-0.2, -0.15) is 13.2 Å². The van der Waals surface area contributed by atoms with Crippen molar-refractivity contribution in [2.75, 3.05) is 0 Å². The van der Waals surface area contributed by atoms with E-state index in [0.717, 1.165) is 94.4 Å². The average molecular weight is 876 g/mol. The summed E-state index contributed by atoms with van der Waals surface area (Å²) in [5.74, 6) is 0. The predicted molar refractivity (Wildman–Crippen MR) is 272 cm³/mol. The molecule has 0 fully saturated rings. The minimum Gasteiger partial charge on any atom is -0.309 e. The summed E-state index contributed by atoms with van der Waals surface area (Å²) in [6.07, 6.45) is -4.46. The van der Waals surface area contributed by atoms with E-state index in [1.807, 2.05) is 30.3 Å². The molecule has 0 radical (unpaired) electrons. The van der Waals surface area contributed by atoms with Crippen molar-refractivity contribution in [1.82, 2.24) is 9.13 Å². The third-order valence-electron chi connectivity index (χ3n) is 13.5. The third-order valence-corrected chi connectivity index (χ3v) is 13.5. The maximum atomic E-state index is 14.0. The Bertz CT molecular complexity index is 3870. The van der Waals surface area contributed by atoms with E-state index >= 15 is 0 Å². The lowest BCUT2D eigenvalue weighted by atomic mass is 9.93. The highest BCUT2D eigenvalue weighted by atomic mass is 19.4. The second-order valence-corrected chi connectivity index (χ2v) is 17.9. The Hall–Kier alpha value is -8.14. The van der Waals surface area contributed by atoms with Gasteiger partial charge in [-0.05, 0) is 157 Å². The number of aryl methyl sites for hydroxylation is 5. The van der Waals surface area contributed by atoms with Crippen LogP contribution in [-0.2, 0) is 6.18 Å². The monoisotopic (exact) mass is 875 g/mol. The van der Waals surface area contributed by atoms with Gasteiger partial charge in [0.25, 0.3) is 0 Å². The molecule has 0 N–H and O–H groups in total. The molecule has 11 aromatic rings. The molecule has 0 saturated carbocycles. The number of benzene rings is 9. The van der Waals surface area contributed by atoms with Gasteiger partial charge in [-0.25, -0.2) is 4.85 Å². The fourth-order valence-corrected chi connectivity index (χ4v) is 10.4. The SMILES string of the molecule is [C-]#[N+]c1ccc(-n2c3ccccc3c3cc(-c4ccc(C)cc4C)ccc32)c(-c2ccc(-c3ccc(C(F)(F)F)cc3C)cc2-n2c3ccccc3c3cc(-c4ccc(C)cc4C)ccc32)c1. The van der Waals surface area contributed by atoms with Crippen LogP contribution in [0.2, 0.25) is 0 Å². The molecular weight excluding hydrogens is 832 g/mol. The molecular formula is C61H44F3N3. The first kappa shape index (κ1) is 41.6. The fourth-order valence-electron chi connectivity index (χ4n) is 10.4. The minimum absolute atomic E-state index is 0.491. The van der Waals surface area contributed by atoms with E-state index in [1.54, 1.807) is 13.0 Å². The second-order valence-electron chi connectivity index (χ2n) is 17.9. The molecule has 3 nitrogen and oxygen atoms in total. The Morgan fingerprint density at radius 2 is 0.851 bits per heavy atom. The van der Waals surface area contributed by atoms with Crippen molar-refractivity contribution in [3.05, 3.63) is 221 Å². The van der Waals surface area contributed by atoms with Crippen LogP contribution in [0.4, 0.5) is 18.9 Å². The molecule has 2 aromatic heterocycles. The molecule has 6 heteroatoms. The zero-order valence-corrected chi connectivity index (χ0v) is 37.7. The van der Waals surface area contributed by atoms with Crippen LogP contribution in [0.15, 0.2) is 176 Å². The van der Waals surface area contributed by atoms with Crippen LogP contribution < -0.4 is 0 Å². The van der Waals surface area contributed by atoms with Gasteiger partial charge in [0, 0.05) is 27.1 Å². The minimum atomic E-state index is -4.46. The number of fused-ring (bicyclic) bond motifs is 6. The molecule has 0 atom stereocenters. The molecule has 0 aliphatic heterocycles. The van der Waals surface area contributed by atoms with Gasteiger partial charge >= 0.3 is 6.18 Å². The predicted octanol–water partition coefficient (Wildman–Crippen LogP) is 17.7. The van der Waals surface area contributed by atoms with Crippen LogP contribution in [0.3, 0.4) is 0 Å². The lowest BCUT2D eigenvalue weighted by molar-refractivity contribution is -0.137. The Kier molecular flexibility index (Phi) is 9.79. The number of nitrogens with zero attached hydrogens (tertiary/aromatic N) is 3. The normalized spacial score (nSPS) is 11.9. The molecule has 0 bridgehead atoms. The quantitative estimate of drug-likeness (QED) is 0.148. The third kappa shape index (κ3) is 6.98. The molecule has 11 rings (SSSR count). The van der Waals surface area contributed by atoms with Crippen molar-refractivity contribution in [3.63, 3.8) is 0 Å². The smallest absolute Gasteiger partial charge is 0.309 e. The Morgan fingerprint density at radius 3 is 1.37 bits per heavy atom. The number of alkyl halides is 3. The Balaban J connectivity index is 1.20. The topological polar surface area (TPSA) is 14.2 Å². The van der Waals surface area contributed by atoms with E-state index in [2.05, 4.69) is 169 Å². The van der Waals surface area contributed by atoms with Gasteiger partial charge in [0.15, 0.2) is 5.69 Å². The summed E-state index contributed by atoms with van der Waals surface area (Å²) < 4.78 is 46.5. The van der Waals surface area contributed by atoms with Crippen LogP contribution in [-0.4, -0.2) is 9.13 Å². The van der Waals surface area contributed by atoms with E-state index < -0.39 is 11.7 Å². The van der Waals surface area contributed by atoms with Gasteiger partial charge in [0.2, 0.25) is 0 Å². The van der Waals surface area contributed by atoms with E-state index in [1.165, 1.54) is 33.9 Å². The first-order valence-electron chi connectivity index (χ1n) is 22.4. The Morgan fingerprint density at radius 1 is 0.388 bits per heavy atom. The molecule has 0 aliphatic rings. The van der Waals surface area contributed by atoms with Crippen LogP contribution >= 0.6 is 0 Å². The highest BCUT2D eigenvalue weighted by Gasteiger charge is 2.31. The molecule has 0 amide bonds. The highest BCUT2D eigenvalue weighted by molar-refractivity contribution is 6.13. The number of halogens is 3. The second kappa shape index (κ2) is 15.8. The van der Waals surface area contributed by atoms with Gasteiger partial charge in [-0.15, -0.1) is 0 Å². The zero-order chi connectivity index (χ0) is 46.3. The standard InChI is InChI=1S/C61H44F3N3/c1-36-15-22-46(38(3)29-36)41-18-26-57-52(32-41)49-11-7-9-13-55(49)66(57)59-28-21-45(65-6)35-54(59)51-24-17-43(48-25-20-44(31-40(48)5)61(62,63)64)34-60(51)67-56-14-10-8-12-50(56)53-33-42(19-27-58(53)67)47-23-16-37(2)30-39(47)4/h7-35H,1-5H3. The summed E-state index contributed by atoms with van der Waals surface area (Å²) in [6, 6.07) is 59.3. The summed E-state index contributed by atoms with van der Waals surface area (Å²) in [6.45, 7) is 18.5. The number of hydrogen-bond acceptors (Lipinski definition) is 0. The van der Waals surface area contributed by atoms with Crippen LogP contribution in [0.25, 0.3) is 104 Å². The van der Waals surface area contributed by atoms with E-state index in [9.17, 15) is 13.2 Å². The number of aromatic nitrogens is 2. The van der Waals surface area contributed by atoms with Gasteiger partial charge in [-0.1, -0.05) is 120 Å². The van der Waals surface area contributed by atoms with Crippen LogP contribution in [0.1, 0.15) is 33.4 Å².